The van der Waals surface area contributed by atoms with Crippen molar-refractivity contribution in [2.45, 2.75) is 5.50 Å². The molecule has 0 radical (unpaired) electrons. The number of amides is 1. The molecule has 1 atom stereocenters. The Morgan fingerprint density at radius 3 is 2.42 bits per heavy atom. The lowest BCUT2D eigenvalue weighted by atomic mass is 10.1. The molecule has 26 heavy (non-hydrogen) atoms. The van der Waals surface area contributed by atoms with Crippen molar-refractivity contribution in [1.29, 1.82) is 0 Å². The van der Waals surface area contributed by atoms with Crippen LogP contribution in [0.5, 0.6) is 17.2 Å². The third kappa shape index (κ3) is 2.55. The van der Waals surface area contributed by atoms with Gasteiger partial charge in [0, 0.05) is 0 Å². The molecule has 0 aromatic heterocycles. The zero-order valence-electron chi connectivity index (χ0n) is 14.6. The summed E-state index contributed by atoms with van der Waals surface area (Å²) in [4.78, 5) is 15.3. The first-order valence-corrected chi connectivity index (χ1v) is 8.91. The number of methoxy groups -OCH3 is 3. The van der Waals surface area contributed by atoms with Crippen LogP contribution in [0.4, 0.5) is 11.4 Å². The first-order chi connectivity index (χ1) is 12.7. The fourth-order valence-electron chi connectivity index (χ4n) is 3.15. The number of benzene rings is 2. The van der Waals surface area contributed by atoms with Gasteiger partial charge in [0.25, 0.3) is 5.91 Å². The van der Waals surface area contributed by atoms with Gasteiger partial charge in [0.15, 0.2) is 17.0 Å². The molecule has 2 aromatic carbocycles. The number of hydrogen-bond donors (Lipinski definition) is 1. The van der Waals surface area contributed by atoms with Gasteiger partial charge in [-0.2, -0.15) is 0 Å². The van der Waals surface area contributed by atoms with Crippen molar-refractivity contribution >= 4 is 35.1 Å². The highest BCUT2D eigenvalue weighted by Crippen LogP contribution is 2.47. The topological polar surface area (TPSA) is 60.0 Å². The quantitative estimate of drug-likeness (QED) is 0.831. The first kappa shape index (κ1) is 16.7. The highest BCUT2D eigenvalue weighted by Gasteiger charge is 2.42. The average molecular weight is 370 g/mol. The Morgan fingerprint density at radius 2 is 1.77 bits per heavy atom. The van der Waals surface area contributed by atoms with E-state index in [1.165, 1.54) is 11.8 Å². The Labute approximate surface area is 155 Å². The maximum absolute atomic E-state index is 12.9. The Morgan fingerprint density at radius 1 is 1.08 bits per heavy atom. The molecule has 0 saturated carbocycles. The minimum absolute atomic E-state index is 0.0220. The minimum Gasteiger partial charge on any atom is -0.493 e. The maximum atomic E-state index is 12.9. The molecule has 0 aliphatic carbocycles. The Kier molecular flexibility index (Phi) is 4.16. The number of ether oxygens (including phenoxy) is 3. The van der Waals surface area contributed by atoms with Crippen LogP contribution >= 0.6 is 11.8 Å². The van der Waals surface area contributed by atoms with Crippen molar-refractivity contribution in [2.75, 3.05) is 31.5 Å². The highest BCUT2D eigenvalue weighted by atomic mass is 32.2. The van der Waals surface area contributed by atoms with Crippen molar-refractivity contribution in [3.8, 4) is 17.2 Å². The number of nitrogens with zero attached hydrogens (tertiary/aromatic N) is 1. The summed E-state index contributed by atoms with van der Waals surface area (Å²) in [5.74, 6) is 1.61. The molecule has 1 saturated heterocycles. The highest BCUT2D eigenvalue weighted by molar-refractivity contribution is 8.05. The van der Waals surface area contributed by atoms with Gasteiger partial charge in [0.1, 0.15) is 0 Å². The zero-order valence-corrected chi connectivity index (χ0v) is 15.4. The minimum atomic E-state index is -0.117. The Balaban J connectivity index is 1.70. The molecule has 0 spiro atoms. The lowest BCUT2D eigenvalue weighted by molar-refractivity contribution is -0.114. The van der Waals surface area contributed by atoms with Crippen LogP contribution in [0.2, 0.25) is 0 Å². The number of hydrogen-bond acceptors (Lipinski definition) is 6. The molecule has 4 rings (SSSR count). The number of rotatable bonds is 4. The smallest absolute Gasteiger partial charge is 0.267 e. The average Bonchev–Trinajstić information content (AvgIpc) is 3.17. The van der Waals surface area contributed by atoms with Crippen molar-refractivity contribution in [1.82, 2.24) is 0 Å². The van der Waals surface area contributed by atoms with Crippen LogP contribution in [0.1, 0.15) is 5.56 Å². The number of anilines is 2. The third-order valence-electron chi connectivity index (χ3n) is 4.33. The van der Waals surface area contributed by atoms with Crippen LogP contribution in [-0.2, 0) is 4.79 Å². The van der Waals surface area contributed by atoms with Crippen LogP contribution in [0.3, 0.4) is 0 Å². The van der Waals surface area contributed by atoms with E-state index < -0.39 is 0 Å². The summed E-state index contributed by atoms with van der Waals surface area (Å²) >= 11 is 1.49. The number of fused-ring (bicyclic) bond motifs is 3. The molecule has 134 valence electrons. The molecule has 6 nitrogen and oxygen atoms in total. The summed E-state index contributed by atoms with van der Waals surface area (Å²) in [7, 11) is 4.70. The maximum Gasteiger partial charge on any atom is 0.267 e. The van der Waals surface area contributed by atoms with E-state index in [1.54, 1.807) is 26.2 Å². The largest absolute Gasteiger partial charge is 0.493 e. The SMILES string of the molecule is COc1cc(/C=C2\S[C@H]3Nc4ccccc4N3C2=O)cc(OC)c1OC. The number of carbonyl (C=O) groups excluding carboxylic acids is 1. The summed E-state index contributed by atoms with van der Waals surface area (Å²) in [5.41, 5.74) is 2.58. The Bertz CT molecular complexity index is 887. The van der Waals surface area contributed by atoms with Crippen LogP contribution in [0, 0.1) is 0 Å². The standard InChI is InChI=1S/C19H18N2O4S/c1-23-14-8-11(9-15(24-2)17(14)25-3)10-16-18(22)21-13-7-5-4-6-12(13)20-19(21)26-16/h4-10,19-20H,1-3H3/b16-10-/t19-/m0/s1. The van der Waals surface area contributed by atoms with Gasteiger partial charge in [0.2, 0.25) is 5.75 Å². The van der Waals surface area contributed by atoms with Gasteiger partial charge >= 0.3 is 0 Å². The van der Waals surface area contributed by atoms with Gasteiger partial charge in [-0.15, -0.1) is 0 Å². The molecule has 1 N–H and O–H groups in total. The van der Waals surface area contributed by atoms with E-state index in [0.29, 0.717) is 22.2 Å². The number of nitrogens with one attached hydrogen (secondary N) is 1. The van der Waals surface area contributed by atoms with Crippen molar-refractivity contribution in [3.05, 3.63) is 46.9 Å². The van der Waals surface area contributed by atoms with Gasteiger partial charge in [0.05, 0.1) is 37.6 Å². The van der Waals surface area contributed by atoms with Crippen LogP contribution in [0.25, 0.3) is 6.08 Å². The van der Waals surface area contributed by atoms with Gasteiger partial charge in [-0.3, -0.25) is 9.69 Å². The van der Waals surface area contributed by atoms with Gasteiger partial charge < -0.3 is 19.5 Å². The number of carbonyl (C=O) groups is 1. The van der Waals surface area contributed by atoms with E-state index in [9.17, 15) is 4.79 Å². The summed E-state index contributed by atoms with van der Waals surface area (Å²) < 4.78 is 16.1. The molecule has 2 aliphatic rings. The van der Waals surface area contributed by atoms with Crippen molar-refractivity contribution in [3.63, 3.8) is 0 Å². The van der Waals surface area contributed by atoms with Crippen LogP contribution < -0.4 is 24.4 Å². The van der Waals surface area contributed by atoms with Crippen LogP contribution in [-0.4, -0.2) is 32.7 Å². The van der Waals surface area contributed by atoms with Crippen LogP contribution in [0.15, 0.2) is 41.3 Å². The molecule has 1 fully saturated rings. The van der Waals surface area contributed by atoms with Gasteiger partial charge in [-0.05, 0) is 35.9 Å². The molecule has 2 aliphatic heterocycles. The van der Waals surface area contributed by atoms with Crippen molar-refractivity contribution < 1.29 is 19.0 Å². The fraction of sp³-hybridized carbons (Fsp3) is 0.211. The Hall–Kier alpha value is -2.80. The summed E-state index contributed by atoms with van der Waals surface area (Å²) in [5, 5.41) is 3.36. The fourth-order valence-corrected chi connectivity index (χ4v) is 4.29. The molecule has 0 unspecified atom stereocenters. The second kappa shape index (κ2) is 6.49. The molecule has 0 bridgehead atoms. The molecule has 2 aromatic rings. The van der Waals surface area contributed by atoms with Gasteiger partial charge in [-0.1, -0.05) is 23.9 Å². The lowest BCUT2D eigenvalue weighted by Crippen LogP contribution is -2.31. The summed E-state index contributed by atoms with van der Waals surface area (Å²) in [6, 6.07) is 11.5. The van der Waals surface area contributed by atoms with E-state index in [4.69, 9.17) is 14.2 Å². The first-order valence-electron chi connectivity index (χ1n) is 8.03. The summed E-state index contributed by atoms with van der Waals surface area (Å²) in [6.45, 7) is 0. The summed E-state index contributed by atoms with van der Waals surface area (Å²) in [6.07, 6.45) is 1.85. The number of para-hydroxylation sites is 2. The second-order valence-corrected chi connectivity index (χ2v) is 6.90. The molecule has 7 heteroatoms. The van der Waals surface area contributed by atoms with E-state index >= 15 is 0 Å². The van der Waals surface area contributed by atoms with E-state index in [0.717, 1.165) is 16.9 Å². The predicted octanol–water partition coefficient (Wildman–Crippen LogP) is 3.54. The van der Waals surface area contributed by atoms with Gasteiger partial charge in [-0.25, -0.2) is 0 Å². The van der Waals surface area contributed by atoms with E-state index in [2.05, 4.69) is 5.32 Å². The number of thioether (sulfide) groups is 1. The molecular formula is C19H18N2O4S. The van der Waals surface area contributed by atoms with Crippen molar-refractivity contribution in [2.24, 2.45) is 0 Å². The second-order valence-electron chi connectivity index (χ2n) is 5.77. The van der Waals surface area contributed by atoms with E-state index in [1.807, 2.05) is 42.5 Å². The molecule has 2 heterocycles. The zero-order chi connectivity index (χ0) is 18.3. The van der Waals surface area contributed by atoms with E-state index in [-0.39, 0.29) is 11.4 Å². The predicted molar refractivity (Wildman–Crippen MR) is 103 cm³/mol. The molecular weight excluding hydrogens is 352 g/mol. The molecule has 1 amide bonds. The monoisotopic (exact) mass is 370 g/mol. The lowest BCUT2D eigenvalue weighted by Gasteiger charge is -2.13. The normalized spacial score (nSPS) is 19.2. The third-order valence-corrected chi connectivity index (χ3v) is 5.43.